The standard InChI is InChI=1S/C26H46O3/c1-5-18-22-15-17(28)10-12-26(22,4)21-11-13-25(3)19(16(2)7-6-14-27)8-9-20(25)23(21)24(18)29/h16-24,27-29H,5-15H2,1-4H3/t16-,17-,18-,19-,20?,21?,22+,23?,24+,25-,26?/m1/s1. The molecule has 3 N–H and O–H groups in total. The molecular weight excluding hydrogens is 360 g/mol. The van der Waals surface area contributed by atoms with Crippen LogP contribution >= 0.6 is 0 Å². The molecule has 0 bridgehead atoms. The summed E-state index contributed by atoms with van der Waals surface area (Å²) in [4.78, 5) is 0. The van der Waals surface area contributed by atoms with Gasteiger partial charge >= 0.3 is 0 Å². The third-order valence-electron chi connectivity index (χ3n) is 11.0. The topological polar surface area (TPSA) is 60.7 Å². The van der Waals surface area contributed by atoms with E-state index in [0.717, 1.165) is 44.4 Å². The van der Waals surface area contributed by atoms with Crippen molar-refractivity contribution in [2.45, 2.75) is 104 Å². The van der Waals surface area contributed by atoms with Gasteiger partial charge in [-0.3, -0.25) is 0 Å². The van der Waals surface area contributed by atoms with Crippen molar-refractivity contribution in [3.63, 3.8) is 0 Å². The molecule has 4 saturated carbocycles. The molecule has 3 heteroatoms. The Balaban J connectivity index is 1.63. The van der Waals surface area contributed by atoms with Crippen LogP contribution in [0.5, 0.6) is 0 Å². The number of aliphatic hydroxyl groups excluding tert-OH is 3. The number of rotatable bonds is 5. The van der Waals surface area contributed by atoms with E-state index in [2.05, 4.69) is 27.7 Å². The summed E-state index contributed by atoms with van der Waals surface area (Å²) in [7, 11) is 0. The van der Waals surface area contributed by atoms with Crippen LogP contribution in [0.4, 0.5) is 0 Å². The molecule has 0 aromatic heterocycles. The van der Waals surface area contributed by atoms with Crippen molar-refractivity contribution in [2.24, 2.45) is 52.3 Å². The van der Waals surface area contributed by atoms with Crippen LogP contribution in [0, 0.1) is 52.3 Å². The molecule has 168 valence electrons. The van der Waals surface area contributed by atoms with Gasteiger partial charge in [-0.15, -0.1) is 0 Å². The summed E-state index contributed by atoms with van der Waals surface area (Å²) in [5, 5.41) is 31.4. The van der Waals surface area contributed by atoms with E-state index in [4.69, 9.17) is 0 Å². The first-order valence-electron chi connectivity index (χ1n) is 12.7. The third-order valence-corrected chi connectivity index (χ3v) is 11.0. The van der Waals surface area contributed by atoms with E-state index in [9.17, 15) is 15.3 Å². The Kier molecular flexibility index (Phi) is 6.17. The van der Waals surface area contributed by atoms with Crippen molar-refractivity contribution >= 4 is 0 Å². The Morgan fingerprint density at radius 1 is 0.931 bits per heavy atom. The maximum Gasteiger partial charge on any atom is 0.0605 e. The second-order valence-electron chi connectivity index (χ2n) is 12.0. The molecule has 4 rings (SSSR count). The average molecular weight is 407 g/mol. The van der Waals surface area contributed by atoms with Crippen LogP contribution in [0.1, 0.15) is 91.9 Å². The predicted molar refractivity (Wildman–Crippen MR) is 117 cm³/mol. The number of hydrogen-bond acceptors (Lipinski definition) is 3. The van der Waals surface area contributed by atoms with E-state index in [1.165, 1.54) is 25.7 Å². The van der Waals surface area contributed by atoms with Crippen molar-refractivity contribution in [1.82, 2.24) is 0 Å². The van der Waals surface area contributed by atoms with Crippen LogP contribution < -0.4 is 0 Å². The largest absolute Gasteiger partial charge is 0.396 e. The molecule has 4 aliphatic rings. The Labute approximate surface area is 178 Å². The monoisotopic (exact) mass is 406 g/mol. The van der Waals surface area contributed by atoms with Gasteiger partial charge in [-0.25, -0.2) is 0 Å². The number of fused-ring (bicyclic) bond motifs is 5. The lowest BCUT2D eigenvalue weighted by atomic mass is 9.41. The molecule has 0 amide bonds. The molecular formula is C26H46O3. The summed E-state index contributed by atoms with van der Waals surface area (Å²) in [6.07, 6.45) is 10.9. The Hall–Kier alpha value is -0.120. The van der Waals surface area contributed by atoms with E-state index >= 15 is 0 Å². The summed E-state index contributed by atoms with van der Waals surface area (Å²) in [6.45, 7) is 10.0. The minimum absolute atomic E-state index is 0.164. The lowest BCUT2D eigenvalue weighted by Crippen LogP contribution is -2.62. The molecule has 4 fully saturated rings. The van der Waals surface area contributed by atoms with Gasteiger partial charge < -0.3 is 15.3 Å². The second-order valence-corrected chi connectivity index (χ2v) is 12.0. The van der Waals surface area contributed by atoms with E-state index in [1.807, 2.05) is 0 Å². The molecule has 0 aromatic carbocycles. The van der Waals surface area contributed by atoms with E-state index in [1.54, 1.807) is 0 Å². The average Bonchev–Trinajstić information content (AvgIpc) is 3.05. The summed E-state index contributed by atoms with van der Waals surface area (Å²) >= 11 is 0. The highest BCUT2D eigenvalue weighted by Crippen LogP contribution is 2.69. The summed E-state index contributed by atoms with van der Waals surface area (Å²) < 4.78 is 0. The van der Waals surface area contributed by atoms with Gasteiger partial charge in [0.05, 0.1) is 12.2 Å². The van der Waals surface area contributed by atoms with Crippen LogP contribution in [0.2, 0.25) is 0 Å². The zero-order valence-corrected chi connectivity index (χ0v) is 19.3. The SMILES string of the molecule is CC[C@H]1[C@H](O)C2C(CC[C@@]3(C)C2CC[C@@H]3[C@H](C)CCCO)C2(C)CC[C@@H](O)C[C@@H]12. The van der Waals surface area contributed by atoms with E-state index in [0.29, 0.717) is 52.9 Å². The molecule has 0 heterocycles. The first kappa shape index (κ1) is 22.1. The molecule has 0 aromatic rings. The minimum Gasteiger partial charge on any atom is -0.396 e. The molecule has 4 unspecified atom stereocenters. The van der Waals surface area contributed by atoms with E-state index < -0.39 is 0 Å². The van der Waals surface area contributed by atoms with Crippen molar-refractivity contribution in [2.75, 3.05) is 6.61 Å². The molecule has 0 spiro atoms. The van der Waals surface area contributed by atoms with Crippen LogP contribution in [0.25, 0.3) is 0 Å². The highest BCUT2D eigenvalue weighted by Gasteiger charge is 2.64. The molecule has 29 heavy (non-hydrogen) atoms. The molecule has 3 nitrogen and oxygen atoms in total. The van der Waals surface area contributed by atoms with Gasteiger partial charge in [0.2, 0.25) is 0 Å². The number of hydrogen-bond donors (Lipinski definition) is 3. The van der Waals surface area contributed by atoms with Gasteiger partial charge in [-0.2, -0.15) is 0 Å². The third kappa shape index (κ3) is 3.33. The maximum absolute atomic E-state index is 11.7. The fourth-order valence-electron chi connectivity index (χ4n) is 9.55. The predicted octanol–water partition coefficient (Wildman–Crippen LogP) is 5.02. The fourth-order valence-corrected chi connectivity index (χ4v) is 9.55. The van der Waals surface area contributed by atoms with Gasteiger partial charge in [0.15, 0.2) is 0 Å². The second kappa shape index (κ2) is 8.10. The van der Waals surface area contributed by atoms with Crippen LogP contribution in [0.3, 0.4) is 0 Å². The van der Waals surface area contributed by atoms with Gasteiger partial charge in [0.25, 0.3) is 0 Å². The summed E-state index contributed by atoms with van der Waals surface area (Å²) in [6, 6.07) is 0. The highest BCUT2D eigenvalue weighted by atomic mass is 16.3. The zero-order chi connectivity index (χ0) is 21.0. The van der Waals surface area contributed by atoms with Crippen molar-refractivity contribution in [1.29, 1.82) is 0 Å². The van der Waals surface area contributed by atoms with Gasteiger partial charge in [-0.1, -0.05) is 34.1 Å². The van der Waals surface area contributed by atoms with Crippen molar-refractivity contribution < 1.29 is 15.3 Å². The van der Waals surface area contributed by atoms with Crippen LogP contribution in [-0.4, -0.2) is 34.1 Å². The van der Waals surface area contributed by atoms with E-state index in [-0.39, 0.29) is 12.2 Å². The Morgan fingerprint density at radius 3 is 2.31 bits per heavy atom. The van der Waals surface area contributed by atoms with Gasteiger partial charge in [0, 0.05) is 6.61 Å². The van der Waals surface area contributed by atoms with Crippen LogP contribution in [0.15, 0.2) is 0 Å². The van der Waals surface area contributed by atoms with Crippen LogP contribution in [-0.2, 0) is 0 Å². The normalized spacial score (nSPS) is 53.1. The van der Waals surface area contributed by atoms with Crippen molar-refractivity contribution in [3.05, 3.63) is 0 Å². The Morgan fingerprint density at radius 2 is 1.62 bits per heavy atom. The number of aliphatic hydroxyl groups is 3. The minimum atomic E-state index is -0.190. The quantitative estimate of drug-likeness (QED) is 0.601. The zero-order valence-electron chi connectivity index (χ0n) is 19.3. The first-order valence-corrected chi connectivity index (χ1v) is 12.7. The first-order chi connectivity index (χ1) is 13.8. The summed E-state index contributed by atoms with van der Waals surface area (Å²) in [5.74, 6) is 3.97. The smallest absolute Gasteiger partial charge is 0.0605 e. The maximum atomic E-state index is 11.7. The lowest BCUT2D eigenvalue weighted by molar-refractivity contribution is -0.203. The molecule has 0 radical (unpaired) electrons. The molecule has 4 aliphatic carbocycles. The Bertz CT molecular complexity index is 578. The molecule has 11 atom stereocenters. The molecule has 0 aliphatic heterocycles. The molecule has 0 saturated heterocycles. The van der Waals surface area contributed by atoms with Gasteiger partial charge in [0.1, 0.15) is 0 Å². The van der Waals surface area contributed by atoms with Gasteiger partial charge in [-0.05, 0) is 110 Å². The fraction of sp³-hybridized carbons (Fsp3) is 1.00. The lowest BCUT2D eigenvalue weighted by Gasteiger charge is -2.64. The summed E-state index contributed by atoms with van der Waals surface area (Å²) in [5.41, 5.74) is 0.651. The highest BCUT2D eigenvalue weighted by molar-refractivity contribution is 5.13. The van der Waals surface area contributed by atoms with Crippen molar-refractivity contribution in [3.8, 4) is 0 Å².